The molecule has 1 unspecified atom stereocenters. The lowest BCUT2D eigenvalue weighted by Crippen LogP contribution is -2.50. The lowest BCUT2D eigenvalue weighted by Gasteiger charge is -2.32. The number of rotatable bonds is 8. The third kappa shape index (κ3) is 4.32. The number of nitrogens with one attached hydrogen (secondary N) is 1. The fourth-order valence-electron chi connectivity index (χ4n) is 5.00. The van der Waals surface area contributed by atoms with Crippen molar-refractivity contribution in [3.63, 3.8) is 0 Å². The fraction of sp³-hybridized carbons (Fsp3) is 0.714. The summed E-state index contributed by atoms with van der Waals surface area (Å²) >= 11 is 0. The van der Waals surface area contributed by atoms with E-state index in [1.807, 2.05) is 6.07 Å². The average molecular weight is 380 g/mol. The Kier molecular flexibility index (Phi) is 6.41. The van der Waals surface area contributed by atoms with Crippen LogP contribution in [0, 0.1) is 23.7 Å². The van der Waals surface area contributed by atoms with Crippen molar-refractivity contribution in [2.75, 3.05) is 19.5 Å². The van der Waals surface area contributed by atoms with Crippen LogP contribution in [0.4, 0.5) is 0 Å². The first-order valence-electron chi connectivity index (χ1n) is 9.95. The average Bonchev–Trinajstić information content (AvgIpc) is 3.18. The van der Waals surface area contributed by atoms with Crippen molar-refractivity contribution in [3.05, 3.63) is 30.3 Å². The van der Waals surface area contributed by atoms with E-state index < -0.39 is 9.84 Å². The molecule has 0 spiro atoms. The molecule has 1 aromatic carbocycles. The Morgan fingerprint density at radius 3 is 2.58 bits per heavy atom. The molecule has 0 radical (unpaired) electrons. The second-order valence-electron chi connectivity index (χ2n) is 8.44. The molecule has 0 saturated heterocycles. The molecule has 26 heavy (non-hydrogen) atoms. The van der Waals surface area contributed by atoms with E-state index >= 15 is 0 Å². The largest absolute Gasteiger partial charge is 0.384 e. The van der Waals surface area contributed by atoms with E-state index in [4.69, 9.17) is 4.74 Å². The minimum atomic E-state index is -3.29. The molecule has 5 heteroatoms. The number of fused-ring (bicyclic) bond motifs is 1. The van der Waals surface area contributed by atoms with Gasteiger partial charge in [0.25, 0.3) is 0 Å². The molecule has 0 aliphatic heterocycles. The van der Waals surface area contributed by atoms with Crippen molar-refractivity contribution < 1.29 is 13.2 Å². The molecule has 2 aliphatic carbocycles. The molecule has 5 atom stereocenters. The molecule has 2 fully saturated rings. The zero-order valence-electron chi connectivity index (χ0n) is 16.2. The van der Waals surface area contributed by atoms with Gasteiger partial charge in [-0.25, -0.2) is 8.42 Å². The van der Waals surface area contributed by atoms with Gasteiger partial charge in [0.2, 0.25) is 0 Å². The highest BCUT2D eigenvalue weighted by Crippen LogP contribution is 2.47. The zero-order valence-corrected chi connectivity index (χ0v) is 17.0. The van der Waals surface area contributed by atoms with Crippen LogP contribution in [-0.4, -0.2) is 40.0 Å². The Morgan fingerprint density at radius 2 is 1.92 bits per heavy atom. The topological polar surface area (TPSA) is 55.4 Å². The van der Waals surface area contributed by atoms with Gasteiger partial charge in [0.05, 0.1) is 17.3 Å². The van der Waals surface area contributed by atoms with Gasteiger partial charge in [-0.15, -0.1) is 0 Å². The summed E-state index contributed by atoms with van der Waals surface area (Å²) in [5.74, 6) is 2.37. The molecular weight excluding hydrogens is 346 g/mol. The minimum Gasteiger partial charge on any atom is -0.384 e. The van der Waals surface area contributed by atoms with Crippen LogP contribution in [0.25, 0.3) is 0 Å². The molecule has 1 aromatic rings. The SMILES string of the molecule is COC[C@H]1C[C@H]2CCC[C@H]2C1N[C@H](CS(=O)(=O)c1ccccc1)C(C)C. The van der Waals surface area contributed by atoms with E-state index in [1.165, 1.54) is 25.7 Å². The third-order valence-electron chi connectivity index (χ3n) is 6.39. The molecule has 1 N–H and O–H groups in total. The van der Waals surface area contributed by atoms with Gasteiger partial charge in [0, 0.05) is 19.2 Å². The van der Waals surface area contributed by atoms with Gasteiger partial charge in [-0.1, -0.05) is 44.9 Å². The predicted molar refractivity (Wildman–Crippen MR) is 105 cm³/mol. The van der Waals surface area contributed by atoms with Crippen molar-refractivity contribution in [3.8, 4) is 0 Å². The highest BCUT2D eigenvalue weighted by atomic mass is 32.2. The number of benzene rings is 1. The molecule has 0 bridgehead atoms. The second-order valence-corrected chi connectivity index (χ2v) is 10.5. The summed E-state index contributed by atoms with van der Waals surface area (Å²) in [6, 6.07) is 9.17. The van der Waals surface area contributed by atoms with Crippen LogP contribution in [0.1, 0.15) is 39.5 Å². The maximum atomic E-state index is 12.9. The molecule has 0 heterocycles. The zero-order chi connectivity index (χ0) is 18.7. The second kappa shape index (κ2) is 8.41. The van der Waals surface area contributed by atoms with E-state index in [0.29, 0.717) is 22.8 Å². The van der Waals surface area contributed by atoms with Gasteiger partial charge in [0.15, 0.2) is 9.84 Å². The molecule has 2 aliphatic rings. The highest BCUT2D eigenvalue weighted by Gasteiger charge is 2.46. The first kappa shape index (κ1) is 19.8. The Labute approximate surface area is 158 Å². The van der Waals surface area contributed by atoms with Gasteiger partial charge in [-0.05, 0) is 48.6 Å². The van der Waals surface area contributed by atoms with Crippen LogP contribution in [0.3, 0.4) is 0 Å². The molecule has 0 aromatic heterocycles. The Bertz CT molecular complexity index is 674. The van der Waals surface area contributed by atoms with Crippen LogP contribution in [0.5, 0.6) is 0 Å². The summed E-state index contributed by atoms with van der Waals surface area (Å²) in [7, 11) is -1.52. The summed E-state index contributed by atoms with van der Waals surface area (Å²) in [6.07, 6.45) is 5.10. The number of hydrogen-bond donors (Lipinski definition) is 1. The van der Waals surface area contributed by atoms with Crippen LogP contribution in [-0.2, 0) is 14.6 Å². The van der Waals surface area contributed by atoms with E-state index in [9.17, 15) is 8.42 Å². The molecule has 2 saturated carbocycles. The summed E-state index contributed by atoms with van der Waals surface area (Å²) in [4.78, 5) is 0.422. The number of sulfone groups is 1. The lowest BCUT2D eigenvalue weighted by molar-refractivity contribution is 0.128. The maximum absolute atomic E-state index is 12.9. The molecule has 4 nitrogen and oxygen atoms in total. The molecular formula is C21H33NO3S. The Balaban J connectivity index is 1.75. The monoisotopic (exact) mass is 379 g/mol. The van der Waals surface area contributed by atoms with E-state index in [2.05, 4.69) is 19.2 Å². The lowest BCUT2D eigenvalue weighted by atomic mass is 9.93. The van der Waals surface area contributed by atoms with Gasteiger partial charge in [0.1, 0.15) is 0 Å². The number of methoxy groups -OCH3 is 1. The normalized spacial score (nSPS) is 29.8. The van der Waals surface area contributed by atoms with Crippen LogP contribution in [0.15, 0.2) is 35.2 Å². The van der Waals surface area contributed by atoms with Gasteiger partial charge in [-0.3, -0.25) is 0 Å². The van der Waals surface area contributed by atoms with Crippen molar-refractivity contribution in [2.45, 2.75) is 56.5 Å². The van der Waals surface area contributed by atoms with Gasteiger partial charge < -0.3 is 10.1 Å². The van der Waals surface area contributed by atoms with E-state index in [1.54, 1.807) is 31.4 Å². The summed E-state index contributed by atoms with van der Waals surface area (Å²) < 4.78 is 31.3. The van der Waals surface area contributed by atoms with Crippen LogP contribution >= 0.6 is 0 Å². The maximum Gasteiger partial charge on any atom is 0.179 e. The van der Waals surface area contributed by atoms with Crippen molar-refractivity contribution in [1.29, 1.82) is 0 Å². The molecule has 146 valence electrons. The van der Waals surface area contributed by atoms with Gasteiger partial charge in [-0.2, -0.15) is 0 Å². The van der Waals surface area contributed by atoms with Crippen molar-refractivity contribution >= 4 is 9.84 Å². The molecule has 0 amide bonds. The Morgan fingerprint density at radius 1 is 1.19 bits per heavy atom. The quantitative estimate of drug-likeness (QED) is 0.751. The van der Waals surface area contributed by atoms with Gasteiger partial charge >= 0.3 is 0 Å². The van der Waals surface area contributed by atoms with E-state index in [0.717, 1.165) is 12.5 Å². The smallest absolute Gasteiger partial charge is 0.179 e. The number of ether oxygens (including phenoxy) is 1. The Hall–Kier alpha value is -0.910. The fourth-order valence-corrected chi connectivity index (χ4v) is 6.72. The van der Waals surface area contributed by atoms with Crippen molar-refractivity contribution in [2.24, 2.45) is 23.7 Å². The highest BCUT2D eigenvalue weighted by molar-refractivity contribution is 7.91. The predicted octanol–water partition coefficient (Wildman–Crippen LogP) is 3.53. The standard InChI is InChI=1S/C21H33NO3S/c1-15(2)20(14-26(23,24)18-9-5-4-6-10-18)22-21-17(13-25-3)12-16-8-7-11-19(16)21/h4-6,9-10,15-17,19-22H,7-8,11-14H2,1-3H3/t16-,17-,19-,20-,21?/m1/s1. The first-order chi connectivity index (χ1) is 12.4. The van der Waals surface area contributed by atoms with E-state index in [-0.39, 0.29) is 17.7 Å². The van der Waals surface area contributed by atoms with Crippen molar-refractivity contribution in [1.82, 2.24) is 5.32 Å². The van der Waals surface area contributed by atoms with Crippen LogP contribution in [0.2, 0.25) is 0 Å². The third-order valence-corrected chi connectivity index (χ3v) is 8.17. The summed E-state index contributed by atoms with van der Waals surface area (Å²) in [6.45, 7) is 5.00. The number of hydrogen-bond acceptors (Lipinski definition) is 4. The van der Waals surface area contributed by atoms with Crippen LogP contribution < -0.4 is 5.32 Å². The molecule has 3 rings (SSSR count). The minimum absolute atomic E-state index is 0.0380. The summed E-state index contributed by atoms with van der Waals surface area (Å²) in [5, 5.41) is 3.79. The first-order valence-corrected chi connectivity index (χ1v) is 11.6. The summed E-state index contributed by atoms with van der Waals surface area (Å²) in [5.41, 5.74) is 0.